The molecule has 6 heteroatoms. The number of hydrazine groups is 1. The molecule has 1 heterocycles. The Morgan fingerprint density at radius 3 is 2.26 bits per heavy atom. The van der Waals surface area contributed by atoms with E-state index in [9.17, 15) is 0 Å². The molecule has 102 valence electrons. The Morgan fingerprint density at radius 1 is 1.26 bits per heavy atom. The van der Waals surface area contributed by atoms with Crippen molar-refractivity contribution in [1.82, 2.24) is 20.4 Å². The molecule has 1 atom stereocenters. The first-order valence-corrected chi connectivity index (χ1v) is 6.84. The molecule has 1 aromatic heterocycles. The lowest BCUT2D eigenvalue weighted by Gasteiger charge is -2.21. The highest BCUT2D eigenvalue weighted by Crippen LogP contribution is 2.31. The summed E-state index contributed by atoms with van der Waals surface area (Å²) in [5, 5.41) is 8.03. The predicted molar refractivity (Wildman–Crippen MR) is 78.5 cm³/mol. The summed E-state index contributed by atoms with van der Waals surface area (Å²) in [6.45, 7) is 6.28. The third-order valence-corrected chi connectivity index (χ3v) is 3.86. The van der Waals surface area contributed by atoms with Crippen LogP contribution in [0.1, 0.15) is 34.0 Å². The van der Waals surface area contributed by atoms with Crippen LogP contribution in [0.3, 0.4) is 0 Å². The monoisotopic (exact) mass is 323 g/mol. The van der Waals surface area contributed by atoms with Crippen molar-refractivity contribution in [1.29, 1.82) is 0 Å². The number of aromatic nitrogens is 3. The number of halogens is 1. The summed E-state index contributed by atoms with van der Waals surface area (Å²) >= 11 is 3.43. The molecule has 3 N–H and O–H groups in total. The van der Waals surface area contributed by atoms with Crippen LogP contribution < -0.4 is 11.3 Å². The second kappa shape index (κ2) is 5.40. The molecule has 2 rings (SSSR count). The van der Waals surface area contributed by atoms with Gasteiger partial charge in [-0.15, -0.1) is 5.10 Å². The van der Waals surface area contributed by atoms with Gasteiger partial charge < -0.3 is 0 Å². The fourth-order valence-corrected chi connectivity index (χ4v) is 3.15. The van der Waals surface area contributed by atoms with Crippen LogP contribution in [-0.2, 0) is 7.05 Å². The second-order valence-electron chi connectivity index (χ2n) is 4.80. The normalized spacial score (nSPS) is 12.7. The van der Waals surface area contributed by atoms with Crippen molar-refractivity contribution in [2.75, 3.05) is 0 Å². The van der Waals surface area contributed by atoms with Gasteiger partial charge in [-0.3, -0.25) is 5.84 Å². The molecule has 0 amide bonds. The summed E-state index contributed by atoms with van der Waals surface area (Å²) in [6, 6.07) is 4.17. The van der Waals surface area contributed by atoms with Gasteiger partial charge in [0, 0.05) is 7.05 Å². The van der Waals surface area contributed by atoms with Crippen molar-refractivity contribution in [2.45, 2.75) is 26.8 Å². The maximum Gasteiger partial charge on any atom is 0.153 e. The van der Waals surface area contributed by atoms with Crippen molar-refractivity contribution in [2.24, 2.45) is 12.9 Å². The van der Waals surface area contributed by atoms with Gasteiger partial charge >= 0.3 is 0 Å². The SMILES string of the molecule is Cc1cc(C)c(C(NN)c2c(Br)nnn2C)c(C)c1. The quantitative estimate of drug-likeness (QED) is 0.670. The lowest BCUT2D eigenvalue weighted by molar-refractivity contribution is 0.565. The van der Waals surface area contributed by atoms with Crippen LogP contribution in [0.15, 0.2) is 16.7 Å². The van der Waals surface area contributed by atoms with Gasteiger partial charge in [-0.1, -0.05) is 22.9 Å². The molecule has 1 unspecified atom stereocenters. The number of hydrogen-bond donors (Lipinski definition) is 2. The summed E-state index contributed by atoms with van der Waals surface area (Å²) in [7, 11) is 1.86. The van der Waals surface area contributed by atoms with Crippen LogP contribution in [0.4, 0.5) is 0 Å². The molecule has 1 aromatic carbocycles. The molecule has 0 aliphatic rings. The minimum absolute atomic E-state index is 0.144. The summed E-state index contributed by atoms with van der Waals surface area (Å²) in [4.78, 5) is 0. The maximum atomic E-state index is 5.77. The van der Waals surface area contributed by atoms with Gasteiger partial charge in [-0.05, 0) is 53.4 Å². The van der Waals surface area contributed by atoms with Crippen LogP contribution in [-0.4, -0.2) is 15.0 Å². The fraction of sp³-hybridized carbons (Fsp3) is 0.385. The zero-order valence-electron chi connectivity index (χ0n) is 11.5. The van der Waals surface area contributed by atoms with E-state index in [1.165, 1.54) is 22.3 Å². The van der Waals surface area contributed by atoms with Crippen LogP contribution in [0.2, 0.25) is 0 Å². The minimum atomic E-state index is -0.144. The van der Waals surface area contributed by atoms with Crippen molar-refractivity contribution >= 4 is 15.9 Å². The zero-order chi connectivity index (χ0) is 14.2. The minimum Gasteiger partial charge on any atom is -0.271 e. The third-order valence-electron chi connectivity index (χ3n) is 3.29. The highest BCUT2D eigenvalue weighted by Gasteiger charge is 2.23. The van der Waals surface area contributed by atoms with E-state index in [1.54, 1.807) is 4.68 Å². The van der Waals surface area contributed by atoms with E-state index in [2.05, 4.69) is 64.6 Å². The molecular formula is C13H18BrN5. The average Bonchev–Trinajstić information content (AvgIpc) is 2.64. The number of aryl methyl sites for hydroxylation is 4. The fourth-order valence-electron chi connectivity index (χ4n) is 2.59. The maximum absolute atomic E-state index is 5.77. The van der Waals surface area contributed by atoms with Crippen molar-refractivity contribution in [3.63, 3.8) is 0 Å². The number of nitrogens with zero attached hydrogens (tertiary/aromatic N) is 3. The number of nitrogens with two attached hydrogens (primary N) is 1. The number of benzene rings is 1. The number of nitrogens with one attached hydrogen (secondary N) is 1. The van der Waals surface area contributed by atoms with Gasteiger partial charge in [0.25, 0.3) is 0 Å². The van der Waals surface area contributed by atoms with Gasteiger partial charge in [-0.25, -0.2) is 10.1 Å². The summed E-state index contributed by atoms with van der Waals surface area (Å²) < 4.78 is 2.44. The van der Waals surface area contributed by atoms with E-state index in [0.717, 1.165) is 5.69 Å². The van der Waals surface area contributed by atoms with E-state index in [-0.39, 0.29) is 6.04 Å². The molecule has 0 fully saturated rings. The molecule has 0 bridgehead atoms. The highest BCUT2D eigenvalue weighted by atomic mass is 79.9. The lowest BCUT2D eigenvalue weighted by atomic mass is 9.93. The van der Waals surface area contributed by atoms with E-state index < -0.39 is 0 Å². The lowest BCUT2D eigenvalue weighted by Crippen LogP contribution is -2.31. The second-order valence-corrected chi connectivity index (χ2v) is 5.55. The third kappa shape index (κ3) is 2.56. The van der Waals surface area contributed by atoms with E-state index in [4.69, 9.17) is 5.84 Å². The molecule has 5 nitrogen and oxygen atoms in total. The van der Waals surface area contributed by atoms with Crippen molar-refractivity contribution in [3.05, 3.63) is 44.7 Å². The predicted octanol–water partition coefficient (Wildman–Crippen LogP) is 2.06. The molecule has 0 aliphatic heterocycles. The topological polar surface area (TPSA) is 68.8 Å². The molecule has 0 saturated carbocycles. The smallest absolute Gasteiger partial charge is 0.153 e. The molecule has 19 heavy (non-hydrogen) atoms. The average molecular weight is 324 g/mol. The Morgan fingerprint density at radius 2 is 1.84 bits per heavy atom. The van der Waals surface area contributed by atoms with Crippen molar-refractivity contribution < 1.29 is 0 Å². The Balaban J connectivity index is 2.61. The summed E-state index contributed by atoms with van der Waals surface area (Å²) in [5.41, 5.74) is 8.60. The van der Waals surface area contributed by atoms with Gasteiger partial charge in [0.2, 0.25) is 0 Å². The standard InChI is InChI=1S/C13H18BrN5/c1-7-5-8(2)10(9(3)6-7)11(16-15)12-13(14)17-18-19(12)4/h5-6,11,16H,15H2,1-4H3. The Bertz CT molecular complexity index is 563. The van der Waals surface area contributed by atoms with Crippen LogP contribution >= 0.6 is 15.9 Å². The Labute approximate surface area is 121 Å². The van der Waals surface area contributed by atoms with E-state index in [1.807, 2.05) is 7.05 Å². The molecule has 0 radical (unpaired) electrons. The molecule has 0 spiro atoms. The van der Waals surface area contributed by atoms with Gasteiger partial charge in [0.15, 0.2) is 4.60 Å². The first-order chi connectivity index (χ1) is 8.95. The Kier molecular flexibility index (Phi) is 4.03. The number of hydrogen-bond acceptors (Lipinski definition) is 4. The summed E-state index contributed by atoms with van der Waals surface area (Å²) in [6.07, 6.45) is 0. The van der Waals surface area contributed by atoms with Gasteiger partial charge in [0.05, 0.1) is 11.7 Å². The highest BCUT2D eigenvalue weighted by molar-refractivity contribution is 9.10. The van der Waals surface area contributed by atoms with Crippen molar-refractivity contribution in [3.8, 4) is 0 Å². The number of rotatable bonds is 3. The summed E-state index contributed by atoms with van der Waals surface area (Å²) in [5.74, 6) is 5.77. The molecule has 2 aromatic rings. The molecule has 0 aliphatic carbocycles. The van der Waals surface area contributed by atoms with Crippen LogP contribution in [0.25, 0.3) is 0 Å². The van der Waals surface area contributed by atoms with Gasteiger partial charge in [0.1, 0.15) is 0 Å². The largest absolute Gasteiger partial charge is 0.271 e. The van der Waals surface area contributed by atoms with Crippen LogP contribution in [0, 0.1) is 20.8 Å². The molecular weight excluding hydrogens is 306 g/mol. The molecule has 0 saturated heterocycles. The van der Waals surface area contributed by atoms with Gasteiger partial charge in [-0.2, -0.15) is 0 Å². The van der Waals surface area contributed by atoms with E-state index >= 15 is 0 Å². The first-order valence-electron chi connectivity index (χ1n) is 6.04. The first kappa shape index (κ1) is 14.2. The van der Waals surface area contributed by atoms with Crippen LogP contribution in [0.5, 0.6) is 0 Å². The zero-order valence-corrected chi connectivity index (χ0v) is 13.1. The van der Waals surface area contributed by atoms with E-state index in [0.29, 0.717) is 4.60 Å². The Hall–Kier alpha value is -1.24.